The molecule has 0 radical (unpaired) electrons. The topological polar surface area (TPSA) is 42.0 Å². The normalized spacial score (nSPS) is 10.2. The summed E-state index contributed by atoms with van der Waals surface area (Å²) in [6, 6.07) is 8.17. The molecule has 5 heteroatoms. The second-order valence-electron chi connectivity index (χ2n) is 3.81. The van der Waals surface area contributed by atoms with Crippen LogP contribution in [-0.2, 0) is 0 Å². The highest BCUT2D eigenvalue weighted by Gasteiger charge is 2.09. The number of rotatable bonds is 2. The van der Waals surface area contributed by atoms with E-state index in [0.717, 1.165) is 16.1 Å². The van der Waals surface area contributed by atoms with Gasteiger partial charge in [0.2, 0.25) is 5.95 Å². The van der Waals surface area contributed by atoms with Crippen LogP contribution in [0, 0.1) is 12.9 Å². The molecule has 1 aromatic heterocycles. The summed E-state index contributed by atoms with van der Waals surface area (Å²) in [4.78, 5) is 15.3. The molecule has 0 atom stereocenters. The summed E-state index contributed by atoms with van der Waals surface area (Å²) in [5.74, 6) is -0.933. The lowest BCUT2D eigenvalue weighted by Gasteiger charge is -2.08. The molecule has 3 nitrogen and oxygen atoms in total. The van der Waals surface area contributed by atoms with Crippen molar-refractivity contribution in [3.05, 3.63) is 58.1 Å². The van der Waals surface area contributed by atoms with E-state index in [1.807, 2.05) is 25.1 Å². The molecular weight excluding hydrogens is 299 g/mol. The number of hydrogen-bond acceptors (Lipinski definition) is 2. The molecular formula is C13H10BrFN2O. The highest BCUT2D eigenvalue weighted by atomic mass is 79.9. The van der Waals surface area contributed by atoms with Gasteiger partial charge < -0.3 is 5.32 Å². The van der Waals surface area contributed by atoms with Crippen LogP contribution in [-0.4, -0.2) is 10.9 Å². The van der Waals surface area contributed by atoms with Crippen LogP contribution in [0.3, 0.4) is 0 Å². The zero-order chi connectivity index (χ0) is 13.1. The summed E-state index contributed by atoms with van der Waals surface area (Å²) in [7, 11) is 0. The number of hydrogen-bond donors (Lipinski definition) is 1. The molecule has 0 saturated heterocycles. The van der Waals surface area contributed by atoms with Crippen molar-refractivity contribution in [2.24, 2.45) is 0 Å². The molecule has 2 rings (SSSR count). The Morgan fingerprint density at radius 2 is 2.11 bits per heavy atom. The van der Waals surface area contributed by atoms with E-state index in [1.54, 1.807) is 0 Å². The molecule has 0 aliphatic rings. The van der Waals surface area contributed by atoms with Crippen molar-refractivity contribution in [1.82, 2.24) is 4.98 Å². The maximum absolute atomic E-state index is 12.6. The number of aryl methyl sites for hydroxylation is 1. The second-order valence-corrected chi connectivity index (χ2v) is 4.66. The van der Waals surface area contributed by atoms with Crippen LogP contribution in [0.5, 0.6) is 0 Å². The molecule has 0 aliphatic carbocycles. The van der Waals surface area contributed by atoms with Gasteiger partial charge in [-0.2, -0.15) is 4.39 Å². The summed E-state index contributed by atoms with van der Waals surface area (Å²) in [5.41, 5.74) is 2.01. The molecule has 2 aromatic rings. The maximum Gasteiger partial charge on any atom is 0.257 e. The van der Waals surface area contributed by atoms with Gasteiger partial charge >= 0.3 is 0 Å². The largest absolute Gasteiger partial charge is 0.321 e. The first-order valence-corrected chi connectivity index (χ1v) is 6.04. The lowest BCUT2D eigenvalue weighted by atomic mass is 10.2. The molecule has 0 bridgehead atoms. The number of carbonyl (C=O) groups excluding carboxylic acids is 1. The maximum atomic E-state index is 12.6. The highest BCUT2D eigenvalue weighted by molar-refractivity contribution is 9.10. The van der Waals surface area contributed by atoms with Gasteiger partial charge in [0, 0.05) is 10.7 Å². The van der Waals surface area contributed by atoms with Gasteiger partial charge in [-0.25, -0.2) is 4.98 Å². The Kier molecular flexibility index (Phi) is 3.72. The predicted molar refractivity (Wildman–Crippen MR) is 71.0 cm³/mol. The lowest BCUT2D eigenvalue weighted by molar-refractivity contribution is 0.102. The summed E-state index contributed by atoms with van der Waals surface area (Å²) < 4.78 is 13.4. The standard InChI is InChI=1S/C13H10BrFN2O/c1-8-2-4-10(14)11(6-8)17-13(18)9-3-5-12(15)16-7-9/h2-7H,1H3,(H,17,18). The van der Waals surface area contributed by atoms with Crippen LogP contribution in [0.1, 0.15) is 15.9 Å². The quantitative estimate of drug-likeness (QED) is 0.862. The fourth-order valence-electron chi connectivity index (χ4n) is 1.44. The van der Waals surface area contributed by atoms with Crippen molar-refractivity contribution in [3.8, 4) is 0 Å². The molecule has 0 unspecified atom stereocenters. The van der Waals surface area contributed by atoms with E-state index in [0.29, 0.717) is 11.3 Å². The fraction of sp³-hybridized carbons (Fsp3) is 0.0769. The van der Waals surface area contributed by atoms with Gasteiger partial charge in [0.25, 0.3) is 5.91 Å². The van der Waals surface area contributed by atoms with Gasteiger partial charge in [-0.1, -0.05) is 6.07 Å². The molecule has 0 saturated carbocycles. The first-order chi connectivity index (χ1) is 8.56. The number of benzene rings is 1. The Balaban J connectivity index is 2.21. The second kappa shape index (κ2) is 5.27. The van der Waals surface area contributed by atoms with Crippen LogP contribution in [0.2, 0.25) is 0 Å². The minimum atomic E-state index is -0.608. The molecule has 1 amide bonds. The summed E-state index contributed by atoms with van der Waals surface area (Å²) in [5, 5.41) is 2.74. The number of aromatic nitrogens is 1. The van der Waals surface area contributed by atoms with Gasteiger partial charge in [0.1, 0.15) is 0 Å². The molecule has 0 fully saturated rings. The van der Waals surface area contributed by atoms with Gasteiger partial charge in [-0.15, -0.1) is 0 Å². The van der Waals surface area contributed by atoms with Gasteiger partial charge in [-0.05, 0) is 52.7 Å². The van der Waals surface area contributed by atoms with E-state index >= 15 is 0 Å². The summed E-state index contributed by atoms with van der Waals surface area (Å²) in [6.07, 6.45) is 1.20. The summed E-state index contributed by atoms with van der Waals surface area (Å²) in [6.45, 7) is 1.93. The van der Waals surface area contributed by atoms with E-state index < -0.39 is 5.95 Å². The van der Waals surface area contributed by atoms with Crippen molar-refractivity contribution in [2.75, 3.05) is 5.32 Å². The van der Waals surface area contributed by atoms with Crippen LogP contribution >= 0.6 is 15.9 Å². The average molecular weight is 309 g/mol. The number of halogens is 2. The first-order valence-electron chi connectivity index (χ1n) is 5.25. The molecule has 1 aromatic carbocycles. The first kappa shape index (κ1) is 12.7. The van der Waals surface area contributed by atoms with Crippen molar-refractivity contribution in [2.45, 2.75) is 6.92 Å². The van der Waals surface area contributed by atoms with Gasteiger partial charge in [0.05, 0.1) is 11.3 Å². The monoisotopic (exact) mass is 308 g/mol. The molecule has 0 spiro atoms. The van der Waals surface area contributed by atoms with Gasteiger partial charge in [-0.3, -0.25) is 4.79 Å². The van der Waals surface area contributed by atoms with Crippen molar-refractivity contribution >= 4 is 27.5 Å². The summed E-state index contributed by atoms with van der Waals surface area (Å²) >= 11 is 3.35. The minimum absolute atomic E-state index is 0.310. The SMILES string of the molecule is Cc1ccc(Br)c(NC(=O)c2ccc(F)nc2)c1. The molecule has 18 heavy (non-hydrogen) atoms. The van der Waals surface area contributed by atoms with Crippen LogP contribution in [0.15, 0.2) is 41.0 Å². The Hall–Kier alpha value is -1.75. The Morgan fingerprint density at radius 3 is 2.78 bits per heavy atom. The van der Waals surface area contributed by atoms with Crippen molar-refractivity contribution in [1.29, 1.82) is 0 Å². The Morgan fingerprint density at radius 1 is 1.33 bits per heavy atom. The van der Waals surface area contributed by atoms with E-state index in [1.165, 1.54) is 12.3 Å². The van der Waals surface area contributed by atoms with E-state index in [9.17, 15) is 9.18 Å². The number of carbonyl (C=O) groups is 1. The Labute approximate surface area is 112 Å². The third-order valence-electron chi connectivity index (χ3n) is 2.36. The lowest BCUT2D eigenvalue weighted by Crippen LogP contribution is -2.12. The zero-order valence-corrected chi connectivity index (χ0v) is 11.2. The Bertz CT molecular complexity index is 584. The highest BCUT2D eigenvalue weighted by Crippen LogP contribution is 2.23. The molecule has 1 heterocycles. The smallest absolute Gasteiger partial charge is 0.257 e. The van der Waals surface area contributed by atoms with E-state index in [-0.39, 0.29) is 5.91 Å². The number of anilines is 1. The van der Waals surface area contributed by atoms with Crippen molar-refractivity contribution in [3.63, 3.8) is 0 Å². The number of pyridine rings is 1. The average Bonchev–Trinajstić information content (AvgIpc) is 2.34. The fourth-order valence-corrected chi connectivity index (χ4v) is 1.79. The third-order valence-corrected chi connectivity index (χ3v) is 3.05. The number of nitrogens with zero attached hydrogens (tertiary/aromatic N) is 1. The van der Waals surface area contributed by atoms with Crippen molar-refractivity contribution < 1.29 is 9.18 Å². The van der Waals surface area contributed by atoms with Gasteiger partial charge in [0.15, 0.2) is 0 Å². The number of nitrogens with one attached hydrogen (secondary N) is 1. The molecule has 92 valence electrons. The third kappa shape index (κ3) is 2.92. The van der Waals surface area contributed by atoms with Crippen LogP contribution in [0.25, 0.3) is 0 Å². The number of amides is 1. The molecule has 1 N–H and O–H groups in total. The van der Waals surface area contributed by atoms with Crippen LogP contribution in [0.4, 0.5) is 10.1 Å². The van der Waals surface area contributed by atoms with E-state index in [4.69, 9.17) is 0 Å². The predicted octanol–water partition coefficient (Wildman–Crippen LogP) is 3.54. The van der Waals surface area contributed by atoms with Crippen LogP contribution < -0.4 is 5.32 Å². The minimum Gasteiger partial charge on any atom is -0.321 e. The molecule has 0 aliphatic heterocycles. The zero-order valence-electron chi connectivity index (χ0n) is 9.58. The van der Waals surface area contributed by atoms with E-state index in [2.05, 4.69) is 26.2 Å².